The van der Waals surface area contributed by atoms with Gasteiger partial charge in [-0.3, -0.25) is 9.59 Å². The molecule has 0 heterocycles. The van der Waals surface area contributed by atoms with Crippen molar-refractivity contribution in [3.05, 3.63) is 108 Å². The summed E-state index contributed by atoms with van der Waals surface area (Å²) in [6, 6.07) is 28.9. The van der Waals surface area contributed by atoms with E-state index in [0.717, 1.165) is 16.7 Å². The Morgan fingerprint density at radius 2 is 1.27 bits per heavy atom. The zero-order valence-electron chi connectivity index (χ0n) is 17.3. The van der Waals surface area contributed by atoms with Crippen molar-refractivity contribution in [1.82, 2.24) is 10.2 Å². The van der Waals surface area contributed by atoms with E-state index in [1.54, 1.807) is 4.90 Å². The van der Waals surface area contributed by atoms with E-state index in [-0.39, 0.29) is 11.8 Å². The Hall–Kier alpha value is -3.40. The molecule has 4 heteroatoms. The molecule has 0 fully saturated rings. The largest absolute Gasteiger partial charge is 0.350 e. The predicted octanol–water partition coefficient (Wildman–Crippen LogP) is 4.35. The third kappa shape index (κ3) is 6.05. The summed E-state index contributed by atoms with van der Waals surface area (Å²) in [4.78, 5) is 27.9. The first-order valence-corrected chi connectivity index (χ1v) is 10.4. The van der Waals surface area contributed by atoms with Crippen LogP contribution in [0.3, 0.4) is 0 Å². The van der Waals surface area contributed by atoms with Crippen LogP contribution in [0.2, 0.25) is 0 Å². The molecule has 0 spiro atoms. The van der Waals surface area contributed by atoms with Crippen molar-refractivity contribution in [2.24, 2.45) is 0 Å². The van der Waals surface area contributed by atoms with Crippen LogP contribution in [-0.4, -0.2) is 22.8 Å². The lowest BCUT2D eigenvalue weighted by Crippen LogP contribution is -2.50. The number of benzene rings is 3. The third-order valence-corrected chi connectivity index (χ3v) is 5.08. The molecule has 0 saturated carbocycles. The maximum atomic E-state index is 13.3. The molecular formula is C26H28N2O2. The molecule has 2 amide bonds. The Morgan fingerprint density at radius 3 is 1.80 bits per heavy atom. The highest BCUT2D eigenvalue weighted by Crippen LogP contribution is 2.16. The summed E-state index contributed by atoms with van der Waals surface area (Å²) in [7, 11) is 0. The minimum absolute atomic E-state index is 0.0327. The van der Waals surface area contributed by atoms with Crippen LogP contribution in [0.1, 0.15) is 30.0 Å². The van der Waals surface area contributed by atoms with Crippen molar-refractivity contribution in [3.8, 4) is 0 Å². The third-order valence-electron chi connectivity index (χ3n) is 5.08. The van der Waals surface area contributed by atoms with Crippen molar-refractivity contribution in [2.75, 3.05) is 0 Å². The van der Waals surface area contributed by atoms with E-state index >= 15 is 0 Å². The molecule has 154 valence electrons. The summed E-state index contributed by atoms with van der Waals surface area (Å²) in [5, 5.41) is 3.03. The summed E-state index contributed by atoms with van der Waals surface area (Å²) in [5.74, 6) is -0.171. The van der Waals surface area contributed by atoms with Crippen LogP contribution in [0.25, 0.3) is 0 Å². The molecule has 0 aliphatic heterocycles. The van der Waals surface area contributed by atoms with Crippen molar-refractivity contribution >= 4 is 11.8 Å². The number of carbonyl (C=O) groups excluding carboxylic acids is 2. The molecular weight excluding hydrogens is 372 g/mol. The van der Waals surface area contributed by atoms with Gasteiger partial charge in [-0.2, -0.15) is 0 Å². The van der Waals surface area contributed by atoms with Crippen LogP contribution >= 0.6 is 0 Å². The van der Waals surface area contributed by atoms with Crippen LogP contribution in [0, 0.1) is 0 Å². The Kier molecular flexibility index (Phi) is 7.78. The molecule has 0 aliphatic carbocycles. The van der Waals surface area contributed by atoms with Gasteiger partial charge in [0, 0.05) is 25.9 Å². The molecule has 1 atom stereocenters. The van der Waals surface area contributed by atoms with Gasteiger partial charge < -0.3 is 10.2 Å². The summed E-state index contributed by atoms with van der Waals surface area (Å²) in [6.07, 6.45) is 0.824. The Bertz CT molecular complexity index is 927. The van der Waals surface area contributed by atoms with Gasteiger partial charge in [0.05, 0.1) is 0 Å². The molecule has 4 nitrogen and oxygen atoms in total. The fourth-order valence-electron chi connectivity index (χ4n) is 3.44. The topological polar surface area (TPSA) is 49.4 Å². The van der Waals surface area contributed by atoms with Crippen LogP contribution in [0.5, 0.6) is 0 Å². The normalized spacial score (nSPS) is 11.5. The fraction of sp³-hybridized carbons (Fsp3) is 0.231. The number of hydrogen-bond donors (Lipinski definition) is 1. The molecule has 0 bridgehead atoms. The Balaban J connectivity index is 1.84. The highest BCUT2D eigenvalue weighted by atomic mass is 16.2. The average Bonchev–Trinajstić information content (AvgIpc) is 2.81. The first kappa shape index (κ1) is 21.3. The van der Waals surface area contributed by atoms with Gasteiger partial charge in [0.25, 0.3) is 0 Å². The Morgan fingerprint density at radius 1 is 0.767 bits per heavy atom. The molecule has 0 unspecified atom stereocenters. The van der Waals surface area contributed by atoms with E-state index in [1.807, 2.05) is 97.9 Å². The first-order chi connectivity index (χ1) is 14.7. The second-order valence-electron chi connectivity index (χ2n) is 7.27. The molecule has 30 heavy (non-hydrogen) atoms. The van der Waals surface area contributed by atoms with Gasteiger partial charge in [0.15, 0.2) is 0 Å². The number of amides is 2. The van der Waals surface area contributed by atoms with Gasteiger partial charge in [0.1, 0.15) is 6.04 Å². The van der Waals surface area contributed by atoms with Crippen LogP contribution in [-0.2, 0) is 29.1 Å². The van der Waals surface area contributed by atoms with Gasteiger partial charge in [-0.1, -0.05) is 97.9 Å². The van der Waals surface area contributed by atoms with Crippen LogP contribution < -0.4 is 5.32 Å². The zero-order valence-corrected chi connectivity index (χ0v) is 17.3. The van der Waals surface area contributed by atoms with Crippen LogP contribution in [0.15, 0.2) is 91.0 Å². The summed E-state index contributed by atoms with van der Waals surface area (Å²) in [5.41, 5.74) is 3.06. The summed E-state index contributed by atoms with van der Waals surface area (Å²) >= 11 is 0. The van der Waals surface area contributed by atoms with Gasteiger partial charge in [-0.15, -0.1) is 0 Å². The number of rotatable bonds is 9. The van der Waals surface area contributed by atoms with Gasteiger partial charge in [0.2, 0.25) is 11.8 Å². The quantitative estimate of drug-likeness (QED) is 0.580. The van der Waals surface area contributed by atoms with Gasteiger partial charge >= 0.3 is 0 Å². The minimum atomic E-state index is -0.580. The first-order valence-electron chi connectivity index (χ1n) is 10.4. The molecule has 0 aliphatic rings. The number of nitrogens with zero attached hydrogens (tertiary/aromatic N) is 1. The minimum Gasteiger partial charge on any atom is -0.350 e. The smallest absolute Gasteiger partial charge is 0.243 e. The summed E-state index contributed by atoms with van der Waals surface area (Å²) in [6.45, 7) is 2.68. The predicted molar refractivity (Wildman–Crippen MR) is 120 cm³/mol. The molecule has 3 aromatic carbocycles. The lowest BCUT2D eigenvalue weighted by Gasteiger charge is -2.31. The highest BCUT2D eigenvalue weighted by molar-refractivity contribution is 5.87. The Labute approximate surface area is 178 Å². The molecule has 1 N–H and O–H groups in total. The lowest BCUT2D eigenvalue weighted by atomic mass is 10.0. The molecule has 3 rings (SSSR count). The zero-order chi connectivity index (χ0) is 21.2. The van der Waals surface area contributed by atoms with E-state index in [9.17, 15) is 9.59 Å². The highest BCUT2D eigenvalue weighted by Gasteiger charge is 2.29. The maximum absolute atomic E-state index is 13.3. The van der Waals surface area contributed by atoms with Crippen molar-refractivity contribution < 1.29 is 9.59 Å². The standard InChI is InChI=1S/C26H28N2O2/c1-2-25(29)28(20-23-16-10-5-11-17-23)24(18-21-12-6-3-7-13-21)26(30)27-19-22-14-8-4-9-15-22/h3-17,24H,2,18-20H2,1H3,(H,27,30)/t24-/m0/s1. The lowest BCUT2D eigenvalue weighted by molar-refractivity contribution is -0.141. The van der Waals surface area contributed by atoms with Gasteiger partial charge in [-0.25, -0.2) is 0 Å². The number of nitrogens with one attached hydrogen (secondary N) is 1. The molecule has 0 radical (unpaired) electrons. The second-order valence-corrected chi connectivity index (χ2v) is 7.27. The van der Waals surface area contributed by atoms with Crippen LogP contribution in [0.4, 0.5) is 0 Å². The van der Waals surface area contributed by atoms with Crippen molar-refractivity contribution in [1.29, 1.82) is 0 Å². The molecule has 3 aromatic rings. The van der Waals surface area contributed by atoms with E-state index < -0.39 is 6.04 Å². The number of hydrogen-bond acceptors (Lipinski definition) is 2. The van der Waals surface area contributed by atoms with E-state index in [0.29, 0.717) is 25.9 Å². The SMILES string of the molecule is CCC(=O)N(Cc1ccccc1)[C@@H](Cc1ccccc1)C(=O)NCc1ccccc1. The average molecular weight is 401 g/mol. The second kappa shape index (κ2) is 11.0. The fourth-order valence-corrected chi connectivity index (χ4v) is 3.44. The van der Waals surface area contributed by atoms with E-state index in [2.05, 4.69) is 5.32 Å². The number of carbonyl (C=O) groups is 2. The monoisotopic (exact) mass is 400 g/mol. The molecule has 0 aromatic heterocycles. The van der Waals surface area contributed by atoms with Gasteiger partial charge in [-0.05, 0) is 16.7 Å². The maximum Gasteiger partial charge on any atom is 0.243 e. The van der Waals surface area contributed by atoms with E-state index in [4.69, 9.17) is 0 Å². The van der Waals surface area contributed by atoms with E-state index in [1.165, 1.54) is 0 Å². The van der Waals surface area contributed by atoms with Crippen molar-refractivity contribution in [2.45, 2.75) is 38.9 Å². The molecule has 0 saturated heterocycles. The van der Waals surface area contributed by atoms with Crippen molar-refractivity contribution in [3.63, 3.8) is 0 Å². The summed E-state index contributed by atoms with van der Waals surface area (Å²) < 4.78 is 0.